The minimum absolute atomic E-state index is 0.380. The molecule has 1 rings (SSSR count). The highest BCUT2D eigenvalue weighted by Crippen LogP contribution is 2.07. The van der Waals surface area contributed by atoms with Gasteiger partial charge in [0.1, 0.15) is 5.82 Å². The highest BCUT2D eigenvalue weighted by molar-refractivity contribution is 5.14. The molecule has 0 aliphatic carbocycles. The van der Waals surface area contributed by atoms with E-state index >= 15 is 0 Å². The van der Waals surface area contributed by atoms with Crippen LogP contribution in [0.15, 0.2) is 0 Å². The molecule has 0 amide bonds. The summed E-state index contributed by atoms with van der Waals surface area (Å²) in [5.41, 5.74) is 2.20. The molecule has 0 aromatic carbocycles. The molecule has 3 nitrogen and oxygen atoms in total. The Morgan fingerprint density at radius 2 is 2.33 bits per heavy atom. The van der Waals surface area contributed by atoms with Crippen LogP contribution in [0.2, 0.25) is 0 Å². The Balaban J connectivity index is 2.79. The van der Waals surface area contributed by atoms with Gasteiger partial charge in [-0.15, -0.1) is 0 Å². The molecule has 0 aliphatic heterocycles. The van der Waals surface area contributed by atoms with E-state index in [0.717, 1.165) is 30.1 Å². The second kappa shape index (κ2) is 3.91. The minimum atomic E-state index is 0.380. The Morgan fingerprint density at radius 1 is 1.58 bits per heavy atom. The summed E-state index contributed by atoms with van der Waals surface area (Å²) in [5.74, 6) is 0.790. The number of nitrogens with zero attached hydrogens (tertiary/aromatic N) is 2. The van der Waals surface area contributed by atoms with Gasteiger partial charge in [0, 0.05) is 5.69 Å². The zero-order chi connectivity index (χ0) is 8.97. The zero-order valence-corrected chi connectivity index (χ0v) is 7.52. The third-order valence-electron chi connectivity index (χ3n) is 1.77. The first-order chi connectivity index (χ1) is 5.77. The monoisotopic (exact) mass is 163 g/mol. The van der Waals surface area contributed by atoms with Gasteiger partial charge in [-0.2, -0.15) is 5.26 Å². The van der Waals surface area contributed by atoms with Gasteiger partial charge < -0.3 is 4.98 Å². The highest BCUT2D eigenvalue weighted by Gasteiger charge is 2.04. The predicted octanol–water partition coefficient (Wildman–Crippen LogP) is 1.74. The van der Waals surface area contributed by atoms with E-state index in [4.69, 9.17) is 5.26 Å². The maximum Gasteiger partial charge on any atom is 0.120 e. The lowest BCUT2D eigenvalue weighted by atomic mass is 10.2. The molecule has 0 unspecified atom stereocenters. The van der Waals surface area contributed by atoms with E-state index in [2.05, 4.69) is 23.0 Å². The molecule has 0 radical (unpaired) electrons. The van der Waals surface area contributed by atoms with Gasteiger partial charge >= 0.3 is 0 Å². The van der Waals surface area contributed by atoms with Crippen molar-refractivity contribution < 1.29 is 0 Å². The van der Waals surface area contributed by atoms with Crippen LogP contribution in [-0.2, 0) is 12.8 Å². The molecule has 1 heterocycles. The van der Waals surface area contributed by atoms with Crippen molar-refractivity contribution >= 4 is 0 Å². The lowest BCUT2D eigenvalue weighted by molar-refractivity contribution is 0.877. The molecule has 12 heavy (non-hydrogen) atoms. The van der Waals surface area contributed by atoms with Gasteiger partial charge in [-0.3, -0.25) is 0 Å². The van der Waals surface area contributed by atoms with E-state index in [9.17, 15) is 0 Å². The topological polar surface area (TPSA) is 52.5 Å². The van der Waals surface area contributed by atoms with E-state index in [1.54, 1.807) is 0 Å². The van der Waals surface area contributed by atoms with Crippen LogP contribution in [0.25, 0.3) is 0 Å². The van der Waals surface area contributed by atoms with Crippen LogP contribution in [0.4, 0.5) is 0 Å². The third-order valence-corrected chi connectivity index (χ3v) is 1.77. The number of aromatic amines is 1. The molecule has 0 fully saturated rings. The van der Waals surface area contributed by atoms with E-state index in [-0.39, 0.29) is 0 Å². The number of imidazole rings is 1. The molecule has 1 aromatic rings. The van der Waals surface area contributed by atoms with Gasteiger partial charge in [0.2, 0.25) is 0 Å². The Labute approximate surface area is 72.4 Å². The molecule has 1 aromatic heterocycles. The average Bonchev–Trinajstić information content (AvgIpc) is 2.34. The van der Waals surface area contributed by atoms with Crippen molar-refractivity contribution in [3.05, 3.63) is 17.2 Å². The van der Waals surface area contributed by atoms with Crippen molar-refractivity contribution in [2.75, 3.05) is 0 Å². The number of aromatic nitrogens is 2. The quantitative estimate of drug-likeness (QED) is 0.737. The first-order valence-electron chi connectivity index (χ1n) is 4.19. The van der Waals surface area contributed by atoms with Crippen molar-refractivity contribution in [3.8, 4) is 6.07 Å². The number of nitrogens with one attached hydrogen (secondary N) is 1. The minimum Gasteiger partial charge on any atom is -0.345 e. The van der Waals surface area contributed by atoms with E-state index < -0.39 is 0 Å². The smallest absolute Gasteiger partial charge is 0.120 e. The third kappa shape index (κ3) is 1.85. The van der Waals surface area contributed by atoms with Crippen molar-refractivity contribution in [3.63, 3.8) is 0 Å². The van der Waals surface area contributed by atoms with Crippen LogP contribution in [0, 0.1) is 18.3 Å². The van der Waals surface area contributed by atoms with Gasteiger partial charge in [0.05, 0.1) is 18.2 Å². The van der Waals surface area contributed by atoms with Crippen LogP contribution in [0.5, 0.6) is 0 Å². The largest absolute Gasteiger partial charge is 0.345 e. The van der Waals surface area contributed by atoms with Crippen LogP contribution in [-0.4, -0.2) is 9.97 Å². The van der Waals surface area contributed by atoms with Crippen LogP contribution >= 0.6 is 0 Å². The molecule has 64 valence electrons. The molecule has 0 saturated heterocycles. The number of hydrogen-bond acceptors (Lipinski definition) is 2. The summed E-state index contributed by atoms with van der Waals surface area (Å²) in [4.78, 5) is 7.41. The molecular formula is C9H13N3. The second-order valence-corrected chi connectivity index (χ2v) is 2.84. The second-order valence-electron chi connectivity index (χ2n) is 2.84. The number of nitriles is 1. The molecule has 0 atom stereocenters. The Kier molecular flexibility index (Phi) is 2.87. The van der Waals surface area contributed by atoms with Crippen LogP contribution in [0.1, 0.15) is 30.6 Å². The predicted molar refractivity (Wildman–Crippen MR) is 46.6 cm³/mol. The fourth-order valence-electron chi connectivity index (χ4n) is 1.20. The Morgan fingerprint density at radius 3 is 2.92 bits per heavy atom. The van der Waals surface area contributed by atoms with Gasteiger partial charge in [0.25, 0.3) is 0 Å². The van der Waals surface area contributed by atoms with Gasteiger partial charge in [-0.25, -0.2) is 4.98 Å². The van der Waals surface area contributed by atoms with Crippen LogP contribution < -0.4 is 0 Å². The highest BCUT2D eigenvalue weighted by atomic mass is 14.9. The zero-order valence-electron chi connectivity index (χ0n) is 7.52. The summed E-state index contributed by atoms with van der Waals surface area (Å²) in [6.45, 7) is 4.12. The fourth-order valence-corrected chi connectivity index (χ4v) is 1.20. The number of aryl methyl sites for hydroxylation is 2. The number of H-pyrrole nitrogens is 1. The summed E-state index contributed by atoms with van der Waals surface area (Å²) in [7, 11) is 0. The van der Waals surface area contributed by atoms with E-state index in [0.29, 0.717) is 6.42 Å². The maximum atomic E-state index is 8.44. The summed E-state index contributed by atoms with van der Waals surface area (Å²) in [5, 5.41) is 8.44. The van der Waals surface area contributed by atoms with E-state index in [1.165, 1.54) is 0 Å². The van der Waals surface area contributed by atoms with Crippen molar-refractivity contribution in [1.29, 1.82) is 5.26 Å². The average molecular weight is 163 g/mol. The van der Waals surface area contributed by atoms with Gasteiger partial charge in [-0.1, -0.05) is 13.3 Å². The fraction of sp³-hybridized carbons (Fsp3) is 0.556. The lowest BCUT2D eigenvalue weighted by Gasteiger charge is -1.90. The molecule has 3 heteroatoms. The van der Waals surface area contributed by atoms with Crippen LogP contribution in [0.3, 0.4) is 0 Å². The first kappa shape index (κ1) is 8.79. The summed E-state index contributed by atoms with van der Waals surface area (Å²) in [6.07, 6.45) is 2.47. The van der Waals surface area contributed by atoms with Gasteiger partial charge in [-0.05, 0) is 13.3 Å². The molecule has 0 spiro atoms. The number of rotatable bonds is 3. The molecule has 1 N–H and O–H groups in total. The van der Waals surface area contributed by atoms with E-state index in [1.807, 2.05) is 6.92 Å². The normalized spacial score (nSPS) is 9.75. The van der Waals surface area contributed by atoms with Crippen molar-refractivity contribution in [1.82, 2.24) is 9.97 Å². The van der Waals surface area contributed by atoms with Gasteiger partial charge in [0.15, 0.2) is 0 Å². The standard InChI is InChI=1S/C9H13N3/c1-3-4-8-7(2)11-9(12-8)5-6-10/h3-5H2,1-2H3,(H,11,12). The van der Waals surface area contributed by atoms with Crippen molar-refractivity contribution in [2.45, 2.75) is 33.1 Å². The maximum absolute atomic E-state index is 8.44. The molecule has 0 bridgehead atoms. The number of hydrogen-bond donors (Lipinski definition) is 1. The molecule has 0 saturated carbocycles. The Bertz CT molecular complexity index is 293. The molecule has 0 aliphatic rings. The SMILES string of the molecule is CCCc1nc(CC#N)[nH]c1C. The van der Waals surface area contributed by atoms with Crippen molar-refractivity contribution in [2.24, 2.45) is 0 Å². The summed E-state index contributed by atoms with van der Waals surface area (Å²) in [6, 6.07) is 2.07. The summed E-state index contributed by atoms with van der Waals surface area (Å²) < 4.78 is 0. The first-order valence-corrected chi connectivity index (χ1v) is 4.19. The lowest BCUT2D eigenvalue weighted by Crippen LogP contribution is -1.86. The Hall–Kier alpha value is -1.30. The molecular weight excluding hydrogens is 150 g/mol. The summed E-state index contributed by atoms with van der Waals surface area (Å²) >= 11 is 0.